The van der Waals surface area contributed by atoms with E-state index in [4.69, 9.17) is 9.15 Å². The number of likely N-dealkylation sites (N-methyl/N-ethyl adjacent to an activating group) is 1. The Kier molecular flexibility index (Phi) is 5.94. The van der Waals surface area contributed by atoms with Crippen molar-refractivity contribution in [3.63, 3.8) is 0 Å². The van der Waals surface area contributed by atoms with Crippen LogP contribution in [0.2, 0.25) is 0 Å². The molecule has 1 aromatic carbocycles. The van der Waals surface area contributed by atoms with Crippen molar-refractivity contribution in [2.24, 2.45) is 5.92 Å². The van der Waals surface area contributed by atoms with Crippen LogP contribution in [0.25, 0.3) is 0 Å². The van der Waals surface area contributed by atoms with Crippen LogP contribution in [-0.2, 0) is 4.79 Å². The summed E-state index contributed by atoms with van der Waals surface area (Å²) in [5, 5.41) is 0. The highest BCUT2D eigenvalue weighted by Gasteiger charge is 2.29. The first kappa shape index (κ1) is 18.0. The van der Waals surface area contributed by atoms with Crippen molar-refractivity contribution in [3.05, 3.63) is 54.5 Å². The SMILES string of the molecule is CN(CCOc1ccccc1)C(=O)C1CCN(C(=O)c2ccoc2)CC1. The number of hydrogen-bond donors (Lipinski definition) is 0. The van der Waals surface area contributed by atoms with Gasteiger partial charge in [-0.05, 0) is 31.0 Å². The third-order valence-corrected chi connectivity index (χ3v) is 4.71. The summed E-state index contributed by atoms with van der Waals surface area (Å²) in [4.78, 5) is 28.4. The molecule has 138 valence electrons. The van der Waals surface area contributed by atoms with Gasteiger partial charge in [0, 0.05) is 26.1 Å². The standard InChI is InChI=1S/C20H24N2O4/c1-21(12-14-26-18-5-3-2-4-6-18)19(23)16-7-10-22(11-8-16)20(24)17-9-13-25-15-17/h2-6,9,13,15-16H,7-8,10-12,14H2,1H3. The van der Waals surface area contributed by atoms with Crippen LogP contribution in [0, 0.1) is 5.92 Å². The van der Waals surface area contributed by atoms with Crippen LogP contribution in [0.15, 0.2) is 53.3 Å². The number of hydrogen-bond acceptors (Lipinski definition) is 4. The molecule has 1 saturated heterocycles. The second-order valence-corrected chi connectivity index (χ2v) is 6.50. The minimum atomic E-state index is -0.0369. The number of benzene rings is 1. The van der Waals surface area contributed by atoms with E-state index >= 15 is 0 Å². The quantitative estimate of drug-likeness (QED) is 0.798. The first-order valence-electron chi connectivity index (χ1n) is 8.89. The lowest BCUT2D eigenvalue weighted by Crippen LogP contribution is -2.44. The van der Waals surface area contributed by atoms with E-state index in [1.807, 2.05) is 30.3 Å². The van der Waals surface area contributed by atoms with Crippen LogP contribution < -0.4 is 4.74 Å². The first-order valence-corrected chi connectivity index (χ1v) is 8.89. The largest absolute Gasteiger partial charge is 0.492 e. The Bertz CT molecular complexity index is 707. The van der Waals surface area contributed by atoms with E-state index in [9.17, 15) is 9.59 Å². The Morgan fingerprint density at radius 1 is 1.19 bits per heavy atom. The van der Waals surface area contributed by atoms with Gasteiger partial charge in [0.15, 0.2) is 0 Å². The van der Waals surface area contributed by atoms with Crippen LogP contribution >= 0.6 is 0 Å². The zero-order chi connectivity index (χ0) is 18.4. The molecule has 0 saturated carbocycles. The second kappa shape index (κ2) is 8.56. The van der Waals surface area contributed by atoms with Gasteiger partial charge in [-0.1, -0.05) is 18.2 Å². The lowest BCUT2D eigenvalue weighted by atomic mass is 9.95. The van der Waals surface area contributed by atoms with Crippen molar-refractivity contribution in [2.75, 3.05) is 33.3 Å². The minimum absolute atomic E-state index is 0.0331. The number of amides is 2. The van der Waals surface area contributed by atoms with Gasteiger partial charge in [-0.2, -0.15) is 0 Å². The number of piperidine rings is 1. The van der Waals surface area contributed by atoms with E-state index in [0.717, 1.165) is 5.75 Å². The van der Waals surface area contributed by atoms with E-state index in [2.05, 4.69) is 0 Å². The Balaban J connectivity index is 1.42. The molecular formula is C20H24N2O4. The number of nitrogens with zero attached hydrogens (tertiary/aromatic N) is 2. The molecular weight excluding hydrogens is 332 g/mol. The first-order chi connectivity index (χ1) is 12.6. The molecule has 2 heterocycles. The molecule has 0 bridgehead atoms. The van der Waals surface area contributed by atoms with Crippen molar-refractivity contribution in [1.82, 2.24) is 9.80 Å². The maximum Gasteiger partial charge on any atom is 0.257 e. The number of para-hydroxylation sites is 1. The summed E-state index contributed by atoms with van der Waals surface area (Å²) in [6.45, 7) is 2.19. The van der Waals surface area contributed by atoms with Crippen LogP contribution in [-0.4, -0.2) is 54.9 Å². The summed E-state index contributed by atoms with van der Waals surface area (Å²) in [6.07, 6.45) is 4.33. The monoisotopic (exact) mass is 356 g/mol. The molecule has 0 atom stereocenters. The smallest absolute Gasteiger partial charge is 0.257 e. The molecule has 2 amide bonds. The number of likely N-dealkylation sites (tertiary alicyclic amines) is 1. The third kappa shape index (κ3) is 4.45. The number of carbonyl (C=O) groups excluding carboxylic acids is 2. The van der Waals surface area contributed by atoms with Gasteiger partial charge in [0.25, 0.3) is 5.91 Å². The number of rotatable bonds is 6. The average Bonchev–Trinajstić information content (AvgIpc) is 3.22. The molecule has 0 radical (unpaired) electrons. The van der Waals surface area contributed by atoms with Gasteiger partial charge in [-0.25, -0.2) is 0 Å². The topological polar surface area (TPSA) is 63.0 Å². The fourth-order valence-electron chi connectivity index (χ4n) is 3.14. The Labute approximate surface area is 153 Å². The molecule has 0 spiro atoms. The number of carbonyl (C=O) groups is 2. The molecule has 1 fully saturated rings. The van der Waals surface area contributed by atoms with Gasteiger partial charge in [0.2, 0.25) is 5.91 Å². The highest BCUT2D eigenvalue weighted by atomic mass is 16.5. The van der Waals surface area contributed by atoms with Gasteiger partial charge in [-0.15, -0.1) is 0 Å². The maximum absolute atomic E-state index is 12.6. The summed E-state index contributed by atoms with van der Waals surface area (Å²) < 4.78 is 10.6. The van der Waals surface area contributed by atoms with Gasteiger partial charge in [-0.3, -0.25) is 9.59 Å². The van der Waals surface area contributed by atoms with Crippen molar-refractivity contribution in [3.8, 4) is 5.75 Å². The van der Waals surface area contributed by atoms with E-state index in [0.29, 0.717) is 44.6 Å². The average molecular weight is 356 g/mol. The van der Waals surface area contributed by atoms with Crippen molar-refractivity contribution >= 4 is 11.8 Å². The molecule has 0 N–H and O–H groups in total. The minimum Gasteiger partial charge on any atom is -0.492 e. The molecule has 26 heavy (non-hydrogen) atoms. The zero-order valence-corrected chi connectivity index (χ0v) is 15.0. The maximum atomic E-state index is 12.6. The highest BCUT2D eigenvalue weighted by molar-refractivity contribution is 5.94. The molecule has 6 nitrogen and oxygen atoms in total. The molecule has 1 aromatic heterocycles. The van der Waals surface area contributed by atoms with E-state index < -0.39 is 0 Å². The van der Waals surface area contributed by atoms with Crippen LogP contribution in [0.4, 0.5) is 0 Å². The third-order valence-electron chi connectivity index (χ3n) is 4.71. The molecule has 1 aliphatic rings. The summed E-state index contributed by atoms with van der Waals surface area (Å²) in [5.74, 6) is 0.857. The van der Waals surface area contributed by atoms with Gasteiger partial charge >= 0.3 is 0 Å². The van der Waals surface area contributed by atoms with Gasteiger partial charge < -0.3 is 19.0 Å². The summed E-state index contributed by atoms with van der Waals surface area (Å²) in [6, 6.07) is 11.2. The van der Waals surface area contributed by atoms with E-state index in [1.165, 1.54) is 12.5 Å². The fraction of sp³-hybridized carbons (Fsp3) is 0.400. The second-order valence-electron chi connectivity index (χ2n) is 6.50. The Morgan fingerprint density at radius 3 is 2.58 bits per heavy atom. The lowest BCUT2D eigenvalue weighted by molar-refractivity contribution is -0.135. The summed E-state index contributed by atoms with van der Waals surface area (Å²) in [7, 11) is 1.81. The van der Waals surface area contributed by atoms with Gasteiger partial charge in [0.1, 0.15) is 18.6 Å². The summed E-state index contributed by atoms with van der Waals surface area (Å²) in [5.41, 5.74) is 0.560. The normalized spacial score (nSPS) is 14.9. The Morgan fingerprint density at radius 2 is 1.92 bits per heavy atom. The van der Waals surface area contributed by atoms with Crippen LogP contribution in [0.5, 0.6) is 5.75 Å². The van der Waals surface area contributed by atoms with Crippen molar-refractivity contribution in [2.45, 2.75) is 12.8 Å². The predicted octanol–water partition coefficient (Wildman–Crippen LogP) is 2.67. The molecule has 6 heteroatoms. The lowest BCUT2D eigenvalue weighted by Gasteiger charge is -2.33. The molecule has 3 rings (SSSR count). The van der Waals surface area contributed by atoms with E-state index in [1.54, 1.807) is 22.9 Å². The predicted molar refractivity (Wildman–Crippen MR) is 96.9 cm³/mol. The van der Waals surface area contributed by atoms with Crippen molar-refractivity contribution < 1.29 is 18.7 Å². The highest BCUT2D eigenvalue weighted by Crippen LogP contribution is 2.21. The Hall–Kier alpha value is -2.76. The molecule has 0 unspecified atom stereocenters. The number of ether oxygens (including phenoxy) is 1. The van der Waals surface area contributed by atoms with Crippen molar-refractivity contribution in [1.29, 1.82) is 0 Å². The van der Waals surface area contributed by atoms with Crippen LogP contribution in [0.1, 0.15) is 23.2 Å². The summed E-state index contributed by atoms with van der Waals surface area (Å²) >= 11 is 0. The molecule has 1 aliphatic heterocycles. The zero-order valence-electron chi connectivity index (χ0n) is 15.0. The van der Waals surface area contributed by atoms with Crippen LogP contribution in [0.3, 0.4) is 0 Å². The fourth-order valence-corrected chi connectivity index (χ4v) is 3.14. The van der Waals surface area contributed by atoms with Gasteiger partial charge in [0.05, 0.1) is 18.4 Å². The molecule has 0 aliphatic carbocycles. The molecule has 2 aromatic rings. The number of furan rings is 1. The van der Waals surface area contributed by atoms with E-state index in [-0.39, 0.29) is 17.7 Å².